The molecule has 1 saturated heterocycles. The fourth-order valence-electron chi connectivity index (χ4n) is 4.24. The zero-order chi connectivity index (χ0) is 20.0. The quantitative estimate of drug-likeness (QED) is 0.238. The van der Waals surface area contributed by atoms with Gasteiger partial charge in [0.15, 0.2) is 12.4 Å². The topological polar surface area (TPSA) is 33.4 Å². The van der Waals surface area contributed by atoms with E-state index in [9.17, 15) is 4.79 Å². The summed E-state index contributed by atoms with van der Waals surface area (Å²) in [6.07, 6.45) is 20.0. The summed E-state index contributed by atoms with van der Waals surface area (Å²) in [7, 11) is 2.25. The maximum Gasteiger partial charge on any atom is 0.302 e. The second kappa shape index (κ2) is 15.8. The van der Waals surface area contributed by atoms with Crippen molar-refractivity contribution in [3.63, 3.8) is 0 Å². The van der Waals surface area contributed by atoms with Gasteiger partial charge < -0.3 is 21.7 Å². The molecule has 1 fully saturated rings. The molecule has 0 saturated carbocycles. The van der Waals surface area contributed by atoms with Gasteiger partial charge in [-0.2, -0.15) is 0 Å². The summed E-state index contributed by atoms with van der Waals surface area (Å²) in [6.45, 7) is 4.44. The maximum absolute atomic E-state index is 10.7. The molecule has 0 aliphatic carbocycles. The molecule has 1 aromatic rings. The Morgan fingerprint density at radius 2 is 1.69 bits per heavy atom. The van der Waals surface area contributed by atoms with Crippen molar-refractivity contribution in [1.82, 2.24) is 4.90 Å². The minimum absolute atomic E-state index is 0. The van der Waals surface area contributed by atoms with Gasteiger partial charge in [0.2, 0.25) is 0 Å². The van der Waals surface area contributed by atoms with E-state index >= 15 is 0 Å². The Morgan fingerprint density at radius 3 is 2.28 bits per heavy atom. The minimum Gasteiger partial charge on any atom is -1.00 e. The number of hydrogen-bond donors (Lipinski definition) is 0. The molecule has 29 heavy (non-hydrogen) atoms. The Morgan fingerprint density at radius 1 is 1.07 bits per heavy atom. The number of unbranched alkanes of at least 4 members (excludes halogenated alkanes) is 9. The molecule has 0 spiro atoms. The van der Waals surface area contributed by atoms with E-state index in [4.69, 9.17) is 4.74 Å². The molecule has 0 aromatic carbocycles. The van der Waals surface area contributed by atoms with Crippen molar-refractivity contribution >= 4 is 5.97 Å². The highest BCUT2D eigenvalue weighted by molar-refractivity contribution is 5.65. The van der Waals surface area contributed by atoms with Crippen molar-refractivity contribution in [1.29, 1.82) is 0 Å². The normalized spacial score (nSPS) is 16.6. The third kappa shape index (κ3) is 11.1. The fraction of sp³-hybridized carbons (Fsp3) is 0.750. The number of aryl methyl sites for hydroxylation is 1. The van der Waals surface area contributed by atoms with Gasteiger partial charge in [0.25, 0.3) is 0 Å². The lowest BCUT2D eigenvalue weighted by Crippen LogP contribution is -3.00. The van der Waals surface area contributed by atoms with Gasteiger partial charge in [-0.3, -0.25) is 9.69 Å². The van der Waals surface area contributed by atoms with Crippen LogP contribution in [0.3, 0.4) is 0 Å². The summed E-state index contributed by atoms with van der Waals surface area (Å²) in [4.78, 5) is 13.1. The predicted octanol–water partition coefficient (Wildman–Crippen LogP) is 2.21. The van der Waals surface area contributed by atoms with Crippen molar-refractivity contribution in [3.8, 4) is 0 Å². The lowest BCUT2D eigenvalue weighted by molar-refractivity contribution is -0.697. The molecule has 4 nitrogen and oxygen atoms in total. The summed E-state index contributed by atoms with van der Waals surface area (Å²) < 4.78 is 7.34. The van der Waals surface area contributed by atoms with Crippen LogP contribution in [-0.4, -0.2) is 31.1 Å². The zero-order valence-electron chi connectivity index (χ0n) is 18.6. The fourth-order valence-corrected chi connectivity index (χ4v) is 4.24. The number of esters is 1. The van der Waals surface area contributed by atoms with Crippen LogP contribution in [0, 0.1) is 0 Å². The highest BCUT2D eigenvalue weighted by Crippen LogP contribution is 2.29. The first-order valence-corrected chi connectivity index (χ1v) is 11.5. The van der Waals surface area contributed by atoms with E-state index in [2.05, 4.69) is 41.0 Å². The number of carbonyl (C=O) groups is 1. The van der Waals surface area contributed by atoms with E-state index in [0.29, 0.717) is 12.6 Å². The van der Waals surface area contributed by atoms with Crippen LogP contribution in [-0.2, 0) is 16.1 Å². The van der Waals surface area contributed by atoms with Gasteiger partial charge in [0.1, 0.15) is 6.54 Å². The molecule has 0 radical (unpaired) electrons. The van der Waals surface area contributed by atoms with E-state index in [1.54, 1.807) is 0 Å². The van der Waals surface area contributed by atoms with E-state index in [0.717, 1.165) is 13.0 Å². The van der Waals surface area contributed by atoms with Crippen LogP contribution < -0.4 is 21.5 Å². The Kier molecular flexibility index (Phi) is 14.3. The van der Waals surface area contributed by atoms with Crippen molar-refractivity contribution in [3.05, 3.63) is 30.1 Å². The van der Waals surface area contributed by atoms with Crippen molar-refractivity contribution < 1.29 is 31.1 Å². The minimum atomic E-state index is -0.160. The number of halogens is 1. The SMILES string of the molecule is CC(=O)OCCCCCCCCCCCC[n+]1cccc([C@@H]2CCCN2C)c1.[Br-]. The number of hydrogen-bond acceptors (Lipinski definition) is 3. The molecule has 5 heteroatoms. The molecule has 2 heterocycles. The van der Waals surface area contributed by atoms with Crippen LogP contribution in [0.25, 0.3) is 0 Å². The first kappa shape index (κ1) is 26.1. The smallest absolute Gasteiger partial charge is 0.302 e. The van der Waals surface area contributed by atoms with Gasteiger partial charge >= 0.3 is 5.97 Å². The Labute approximate surface area is 188 Å². The maximum atomic E-state index is 10.7. The number of nitrogens with zero attached hydrogens (tertiary/aromatic N) is 2. The van der Waals surface area contributed by atoms with Crippen LogP contribution in [0.2, 0.25) is 0 Å². The number of likely N-dealkylation sites (tertiary alicyclic amines) is 1. The number of pyridine rings is 1. The van der Waals surface area contributed by atoms with Gasteiger partial charge in [0, 0.05) is 31.0 Å². The summed E-state index contributed by atoms with van der Waals surface area (Å²) in [5.41, 5.74) is 1.48. The molecular weight excluding hydrogens is 428 g/mol. The van der Waals surface area contributed by atoms with E-state index in [1.807, 2.05) is 0 Å². The third-order valence-corrected chi connectivity index (χ3v) is 5.90. The number of rotatable bonds is 14. The lowest BCUT2D eigenvalue weighted by atomic mass is 10.1. The standard InChI is InChI=1S/C24H41N2O2.BrH/c1-22(27)28-20-12-10-8-6-4-3-5-7-9-11-18-26-19-13-15-23(21-26)24-16-14-17-25(24)2;/h13,15,19,21,24H,3-12,14,16-18,20H2,1-2H3;1H/q+1;/p-1/t24-;/m0./s1. The molecule has 0 bridgehead atoms. The summed E-state index contributed by atoms with van der Waals surface area (Å²) in [6, 6.07) is 5.13. The molecule has 1 aromatic heterocycles. The highest BCUT2D eigenvalue weighted by atomic mass is 79.9. The van der Waals surface area contributed by atoms with E-state index < -0.39 is 0 Å². The van der Waals surface area contributed by atoms with Gasteiger partial charge in [0.05, 0.1) is 6.61 Å². The lowest BCUT2D eigenvalue weighted by Gasteiger charge is -2.18. The van der Waals surface area contributed by atoms with Crippen LogP contribution >= 0.6 is 0 Å². The largest absolute Gasteiger partial charge is 1.00 e. The first-order chi connectivity index (χ1) is 13.7. The van der Waals surface area contributed by atoms with Crippen LogP contribution in [0.5, 0.6) is 0 Å². The average Bonchev–Trinajstić information content (AvgIpc) is 3.11. The third-order valence-electron chi connectivity index (χ3n) is 5.90. The summed E-state index contributed by atoms with van der Waals surface area (Å²) in [5, 5.41) is 0. The molecule has 0 amide bonds. The monoisotopic (exact) mass is 468 g/mol. The van der Waals surface area contributed by atoms with Crippen LogP contribution in [0.15, 0.2) is 24.5 Å². The molecule has 1 aliphatic rings. The van der Waals surface area contributed by atoms with Crippen molar-refractivity contribution in [2.75, 3.05) is 20.2 Å². The highest BCUT2D eigenvalue weighted by Gasteiger charge is 2.24. The second-order valence-corrected chi connectivity index (χ2v) is 8.39. The van der Waals surface area contributed by atoms with Gasteiger partial charge in [-0.05, 0) is 45.3 Å². The molecule has 0 N–H and O–H groups in total. The van der Waals surface area contributed by atoms with Gasteiger partial charge in [-0.25, -0.2) is 4.57 Å². The molecule has 1 aliphatic heterocycles. The number of ether oxygens (including phenoxy) is 1. The van der Waals surface area contributed by atoms with Crippen molar-refractivity contribution in [2.45, 2.75) is 96.6 Å². The first-order valence-electron chi connectivity index (χ1n) is 11.5. The van der Waals surface area contributed by atoms with Crippen molar-refractivity contribution in [2.24, 2.45) is 0 Å². The number of aromatic nitrogens is 1. The summed E-state index contributed by atoms with van der Waals surface area (Å²) >= 11 is 0. The molecule has 2 rings (SSSR count). The summed E-state index contributed by atoms with van der Waals surface area (Å²) in [5.74, 6) is -0.160. The molecule has 1 atom stereocenters. The van der Waals surface area contributed by atoms with Crippen LogP contribution in [0.4, 0.5) is 0 Å². The Hall–Kier alpha value is -0.940. The average molecular weight is 470 g/mol. The van der Waals surface area contributed by atoms with E-state index in [-0.39, 0.29) is 23.0 Å². The molecule has 166 valence electrons. The van der Waals surface area contributed by atoms with Gasteiger partial charge in [-0.1, -0.05) is 44.9 Å². The second-order valence-electron chi connectivity index (χ2n) is 8.39. The molecule has 0 unspecified atom stereocenters. The Balaban J connectivity index is 0.00000420. The van der Waals surface area contributed by atoms with Gasteiger partial charge in [-0.15, -0.1) is 0 Å². The Bertz CT molecular complexity index is 568. The number of carbonyl (C=O) groups excluding carboxylic acids is 1. The zero-order valence-corrected chi connectivity index (χ0v) is 20.2. The predicted molar refractivity (Wildman–Crippen MR) is 114 cm³/mol. The molecular formula is C24H41BrN2O2. The van der Waals surface area contributed by atoms with E-state index in [1.165, 1.54) is 89.7 Å². The van der Waals surface area contributed by atoms with Crippen LogP contribution in [0.1, 0.15) is 95.6 Å².